The van der Waals surface area contributed by atoms with Crippen LogP contribution in [0.4, 0.5) is 17.6 Å². The molecular weight excluding hydrogens is 510 g/mol. The number of aromatic nitrogens is 1. The van der Waals surface area contributed by atoms with Crippen molar-refractivity contribution in [2.75, 3.05) is 6.61 Å². The number of unbranched alkanes of at least 4 members (excludes halogenated alkanes) is 2. The van der Waals surface area contributed by atoms with Gasteiger partial charge in [-0.3, -0.25) is 10.2 Å². The van der Waals surface area contributed by atoms with Crippen molar-refractivity contribution in [2.45, 2.75) is 50.6 Å². The molecule has 37 heavy (non-hydrogen) atoms. The highest BCUT2D eigenvalue weighted by molar-refractivity contribution is 7.15. The molecule has 0 atom stereocenters. The third-order valence-corrected chi connectivity index (χ3v) is 7.43. The SMILES string of the molecule is O=c1[nH]c(-c2ccc(OCCCCCC(F)(F)F)cc2F)cc(-c2ccc(C3CC3)s2)c1C1=NNNN1. The zero-order valence-corrected chi connectivity index (χ0v) is 20.5. The lowest BCUT2D eigenvalue weighted by Crippen LogP contribution is -2.37. The van der Waals surface area contributed by atoms with Crippen LogP contribution in [0.1, 0.15) is 54.9 Å². The molecule has 1 aliphatic carbocycles. The molecule has 5 rings (SSSR count). The van der Waals surface area contributed by atoms with Crippen molar-refractivity contribution in [3.05, 3.63) is 63.0 Å². The van der Waals surface area contributed by atoms with Crippen LogP contribution in [0.25, 0.3) is 21.7 Å². The summed E-state index contributed by atoms with van der Waals surface area (Å²) in [5.41, 5.74) is 9.03. The Morgan fingerprint density at radius 2 is 1.89 bits per heavy atom. The first-order chi connectivity index (χ1) is 17.8. The second kappa shape index (κ2) is 10.5. The van der Waals surface area contributed by atoms with Gasteiger partial charge in [0.2, 0.25) is 0 Å². The van der Waals surface area contributed by atoms with E-state index in [0.29, 0.717) is 41.4 Å². The lowest BCUT2D eigenvalue weighted by Gasteiger charge is -2.12. The fourth-order valence-corrected chi connectivity index (χ4v) is 5.33. The van der Waals surface area contributed by atoms with Gasteiger partial charge in [0.25, 0.3) is 5.56 Å². The lowest BCUT2D eigenvalue weighted by molar-refractivity contribution is -0.135. The van der Waals surface area contributed by atoms with E-state index in [4.69, 9.17) is 4.74 Å². The molecule has 0 saturated heterocycles. The molecular formula is C25H25F4N5O2S. The Hall–Kier alpha value is -3.38. The van der Waals surface area contributed by atoms with E-state index in [9.17, 15) is 18.0 Å². The summed E-state index contributed by atoms with van der Waals surface area (Å²) in [6.07, 6.45) is -1.83. The number of hydrogen-bond donors (Lipinski definition) is 4. The smallest absolute Gasteiger partial charge is 0.389 e. The van der Waals surface area contributed by atoms with E-state index in [1.807, 2.05) is 6.07 Å². The molecule has 7 nitrogen and oxygen atoms in total. The number of aromatic amines is 1. The maximum absolute atomic E-state index is 15.1. The number of nitrogens with one attached hydrogen (secondary N) is 4. The molecule has 1 saturated carbocycles. The standard InChI is InChI=1S/C25H25F4N5O2S/c26-18-12-15(36-11-3-1-2-10-25(27,28)29)6-7-16(18)19-13-17(21-9-8-20(37-21)14-4-5-14)22(24(35)30-19)23-31-33-34-32-23/h6-9,12-14,33-34H,1-5,10-11H2,(H,30,35)(H,31,32). The topological polar surface area (TPSA) is 90.5 Å². The molecule has 0 radical (unpaired) electrons. The number of ether oxygens (including phenoxy) is 1. The number of benzene rings is 1. The first-order valence-electron chi connectivity index (χ1n) is 12.0. The molecule has 3 aromatic rings. The van der Waals surface area contributed by atoms with Crippen molar-refractivity contribution in [2.24, 2.45) is 5.10 Å². The van der Waals surface area contributed by atoms with E-state index < -0.39 is 24.0 Å². The van der Waals surface area contributed by atoms with Gasteiger partial charge < -0.3 is 9.72 Å². The first kappa shape index (κ1) is 25.3. The normalized spacial score (nSPS) is 15.3. The molecule has 2 aromatic heterocycles. The van der Waals surface area contributed by atoms with E-state index in [1.165, 1.54) is 17.0 Å². The highest BCUT2D eigenvalue weighted by Crippen LogP contribution is 2.45. The van der Waals surface area contributed by atoms with Crippen molar-refractivity contribution < 1.29 is 22.3 Å². The van der Waals surface area contributed by atoms with Gasteiger partial charge in [-0.05, 0) is 68.4 Å². The molecule has 12 heteroatoms. The number of H-pyrrole nitrogens is 1. The molecule has 0 spiro atoms. The Morgan fingerprint density at radius 3 is 2.59 bits per heavy atom. The predicted molar refractivity (Wildman–Crippen MR) is 134 cm³/mol. The lowest BCUT2D eigenvalue weighted by atomic mass is 10.0. The minimum atomic E-state index is -4.16. The Balaban J connectivity index is 1.36. The van der Waals surface area contributed by atoms with E-state index in [0.717, 1.165) is 17.7 Å². The fraction of sp³-hybridized carbons (Fsp3) is 0.360. The highest BCUT2D eigenvalue weighted by Gasteiger charge is 2.27. The third kappa shape index (κ3) is 6.13. The van der Waals surface area contributed by atoms with Gasteiger partial charge in [0, 0.05) is 33.4 Å². The molecule has 1 fully saturated rings. The Morgan fingerprint density at radius 1 is 1.05 bits per heavy atom. The molecule has 196 valence electrons. The van der Waals surface area contributed by atoms with Gasteiger partial charge in [-0.2, -0.15) is 13.2 Å². The summed E-state index contributed by atoms with van der Waals surface area (Å²) in [5, 5.41) is 4.08. The second-order valence-electron chi connectivity index (χ2n) is 9.02. The Labute approximate surface area is 213 Å². The molecule has 1 aliphatic heterocycles. The van der Waals surface area contributed by atoms with E-state index in [2.05, 4.69) is 32.6 Å². The fourth-order valence-electron chi connectivity index (χ4n) is 4.13. The van der Waals surface area contributed by atoms with Crippen molar-refractivity contribution in [3.8, 4) is 27.4 Å². The van der Waals surface area contributed by atoms with Crippen LogP contribution in [0.15, 0.2) is 46.3 Å². The summed E-state index contributed by atoms with van der Waals surface area (Å²) < 4.78 is 57.3. The highest BCUT2D eigenvalue weighted by atomic mass is 32.1. The van der Waals surface area contributed by atoms with Crippen LogP contribution in [0, 0.1) is 5.82 Å². The maximum Gasteiger partial charge on any atom is 0.389 e. The minimum absolute atomic E-state index is 0.0340. The summed E-state index contributed by atoms with van der Waals surface area (Å²) in [6, 6.07) is 10.1. The summed E-state index contributed by atoms with van der Waals surface area (Å²) in [5.74, 6) is 0.561. The molecule has 2 aliphatic rings. The van der Waals surface area contributed by atoms with Gasteiger partial charge in [0.05, 0.1) is 17.9 Å². The third-order valence-electron chi connectivity index (χ3n) is 6.15. The van der Waals surface area contributed by atoms with Gasteiger partial charge in [0.1, 0.15) is 11.6 Å². The average molecular weight is 536 g/mol. The van der Waals surface area contributed by atoms with Crippen LogP contribution in [0.5, 0.6) is 5.75 Å². The number of nitrogens with zero attached hydrogens (tertiary/aromatic N) is 1. The molecule has 0 bridgehead atoms. The van der Waals surface area contributed by atoms with Crippen LogP contribution in [-0.2, 0) is 0 Å². The summed E-state index contributed by atoms with van der Waals surface area (Å²) in [4.78, 5) is 18.1. The van der Waals surface area contributed by atoms with Gasteiger partial charge >= 0.3 is 6.18 Å². The Kier molecular flexibility index (Phi) is 7.20. The number of hydrazine groups is 2. The zero-order chi connectivity index (χ0) is 26.0. The van der Waals surface area contributed by atoms with Gasteiger partial charge in [-0.25, -0.2) is 9.93 Å². The van der Waals surface area contributed by atoms with Crippen molar-refractivity contribution in [1.82, 2.24) is 21.5 Å². The van der Waals surface area contributed by atoms with Crippen LogP contribution in [0.2, 0.25) is 0 Å². The first-order valence-corrected chi connectivity index (χ1v) is 12.8. The minimum Gasteiger partial charge on any atom is -0.493 e. The summed E-state index contributed by atoms with van der Waals surface area (Å²) >= 11 is 1.61. The second-order valence-corrected chi connectivity index (χ2v) is 10.1. The number of alkyl halides is 3. The van der Waals surface area contributed by atoms with E-state index in [-0.39, 0.29) is 24.3 Å². The monoisotopic (exact) mass is 535 g/mol. The number of rotatable bonds is 10. The maximum atomic E-state index is 15.1. The molecule has 1 aromatic carbocycles. The van der Waals surface area contributed by atoms with Crippen molar-refractivity contribution in [3.63, 3.8) is 0 Å². The van der Waals surface area contributed by atoms with Crippen LogP contribution in [0.3, 0.4) is 0 Å². The van der Waals surface area contributed by atoms with Crippen molar-refractivity contribution in [1.29, 1.82) is 0 Å². The van der Waals surface area contributed by atoms with Crippen molar-refractivity contribution >= 4 is 17.2 Å². The summed E-state index contributed by atoms with van der Waals surface area (Å²) in [7, 11) is 0. The molecule has 0 unspecified atom stereocenters. The average Bonchev–Trinajstić information content (AvgIpc) is 3.34. The largest absolute Gasteiger partial charge is 0.493 e. The number of thiophene rings is 1. The van der Waals surface area contributed by atoms with Gasteiger partial charge in [-0.1, -0.05) is 0 Å². The van der Waals surface area contributed by atoms with Crippen LogP contribution >= 0.6 is 11.3 Å². The molecule has 3 heterocycles. The predicted octanol–water partition coefficient (Wildman–Crippen LogP) is 5.56. The number of amidine groups is 1. The van der Waals surface area contributed by atoms with E-state index >= 15 is 4.39 Å². The number of hydrazone groups is 1. The molecule has 4 N–H and O–H groups in total. The van der Waals surface area contributed by atoms with Crippen LogP contribution < -0.4 is 26.8 Å². The quantitative estimate of drug-likeness (QED) is 0.202. The van der Waals surface area contributed by atoms with Gasteiger partial charge in [-0.15, -0.1) is 22.0 Å². The van der Waals surface area contributed by atoms with Gasteiger partial charge in [0.15, 0.2) is 5.84 Å². The summed E-state index contributed by atoms with van der Waals surface area (Å²) in [6.45, 7) is 0.186. The Bertz CT molecular complexity index is 1360. The number of hydrogen-bond acceptors (Lipinski definition) is 7. The molecule has 0 amide bonds. The van der Waals surface area contributed by atoms with Crippen LogP contribution in [-0.4, -0.2) is 23.6 Å². The number of pyridine rings is 1. The zero-order valence-electron chi connectivity index (χ0n) is 19.7. The number of halogens is 4. The van der Waals surface area contributed by atoms with E-state index in [1.54, 1.807) is 23.5 Å².